The Morgan fingerprint density at radius 2 is 1.85 bits per heavy atom. The lowest BCUT2D eigenvalue weighted by molar-refractivity contribution is 0.102. The number of carbonyl (C=O) groups excluding carboxylic acids is 1. The standard InChI is InChI=1S/C20H14ClN3OS/c21-15-8-5-13(6-9-15)18(25)12-26-19-10-7-14(11-22-19)20-23-16-3-1-2-4-17(16)24-20/h1-11H,12H2,(H,23,24). The number of aromatic nitrogens is 3. The maximum absolute atomic E-state index is 12.2. The molecule has 2 heterocycles. The van der Waals surface area contributed by atoms with Crippen molar-refractivity contribution < 1.29 is 4.79 Å². The summed E-state index contributed by atoms with van der Waals surface area (Å²) >= 11 is 7.26. The highest BCUT2D eigenvalue weighted by molar-refractivity contribution is 7.99. The number of thioether (sulfide) groups is 1. The molecule has 0 saturated carbocycles. The molecule has 4 nitrogen and oxygen atoms in total. The molecule has 0 aliphatic heterocycles. The molecule has 0 spiro atoms. The highest BCUT2D eigenvalue weighted by atomic mass is 35.5. The molecule has 2 aromatic carbocycles. The van der Waals surface area contributed by atoms with E-state index >= 15 is 0 Å². The monoisotopic (exact) mass is 379 g/mol. The average molecular weight is 380 g/mol. The van der Waals surface area contributed by atoms with Crippen molar-refractivity contribution in [1.29, 1.82) is 0 Å². The molecule has 0 aliphatic carbocycles. The number of fused-ring (bicyclic) bond motifs is 1. The molecular formula is C20H14ClN3OS. The van der Waals surface area contributed by atoms with Crippen molar-refractivity contribution in [1.82, 2.24) is 15.0 Å². The van der Waals surface area contributed by atoms with Gasteiger partial charge in [-0.2, -0.15) is 0 Å². The fourth-order valence-electron chi connectivity index (χ4n) is 2.55. The number of imidazole rings is 1. The molecule has 2 aromatic heterocycles. The summed E-state index contributed by atoms with van der Waals surface area (Å²) in [5, 5.41) is 1.42. The van der Waals surface area contributed by atoms with Crippen LogP contribution < -0.4 is 0 Å². The molecule has 0 radical (unpaired) electrons. The highest BCUT2D eigenvalue weighted by Crippen LogP contribution is 2.23. The number of hydrogen-bond donors (Lipinski definition) is 1. The summed E-state index contributed by atoms with van der Waals surface area (Å²) in [7, 11) is 0. The summed E-state index contributed by atoms with van der Waals surface area (Å²) in [6.07, 6.45) is 1.77. The first-order valence-electron chi connectivity index (χ1n) is 8.02. The zero-order chi connectivity index (χ0) is 17.9. The van der Waals surface area contributed by atoms with E-state index in [0.29, 0.717) is 16.3 Å². The van der Waals surface area contributed by atoms with Crippen LogP contribution in [0.2, 0.25) is 5.02 Å². The number of pyridine rings is 1. The number of carbonyl (C=O) groups is 1. The molecule has 4 aromatic rings. The van der Waals surface area contributed by atoms with Crippen LogP contribution >= 0.6 is 23.4 Å². The van der Waals surface area contributed by atoms with Gasteiger partial charge in [0.05, 0.1) is 21.8 Å². The van der Waals surface area contributed by atoms with E-state index in [1.165, 1.54) is 11.8 Å². The summed E-state index contributed by atoms with van der Waals surface area (Å²) in [6.45, 7) is 0. The minimum atomic E-state index is 0.0508. The predicted octanol–water partition coefficient (Wildman–Crippen LogP) is 5.25. The maximum atomic E-state index is 12.2. The number of nitrogens with one attached hydrogen (secondary N) is 1. The molecule has 26 heavy (non-hydrogen) atoms. The predicted molar refractivity (Wildman–Crippen MR) is 106 cm³/mol. The van der Waals surface area contributed by atoms with Crippen LogP contribution in [0.1, 0.15) is 10.4 Å². The normalized spacial score (nSPS) is 11.0. The first kappa shape index (κ1) is 16.8. The SMILES string of the molecule is O=C(CSc1ccc(-c2nc3ccccc3[nH]2)cn1)c1ccc(Cl)cc1. The number of benzene rings is 2. The van der Waals surface area contributed by atoms with Gasteiger partial charge in [-0.25, -0.2) is 9.97 Å². The number of aromatic amines is 1. The van der Waals surface area contributed by atoms with Gasteiger partial charge in [0.2, 0.25) is 0 Å². The van der Waals surface area contributed by atoms with E-state index in [1.807, 2.05) is 36.4 Å². The lowest BCUT2D eigenvalue weighted by Gasteiger charge is -2.02. The van der Waals surface area contributed by atoms with Gasteiger partial charge in [-0.3, -0.25) is 4.79 Å². The Morgan fingerprint density at radius 1 is 1.04 bits per heavy atom. The van der Waals surface area contributed by atoms with E-state index in [0.717, 1.165) is 27.4 Å². The number of para-hydroxylation sites is 2. The maximum Gasteiger partial charge on any atom is 0.173 e. The quantitative estimate of drug-likeness (QED) is 0.380. The second-order valence-electron chi connectivity index (χ2n) is 5.71. The summed E-state index contributed by atoms with van der Waals surface area (Å²) in [5.74, 6) is 1.17. The van der Waals surface area contributed by atoms with Gasteiger partial charge in [-0.1, -0.05) is 35.5 Å². The van der Waals surface area contributed by atoms with Crippen LogP contribution in [-0.2, 0) is 0 Å². The topological polar surface area (TPSA) is 58.6 Å². The van der Waals surface area contributed by atoms with Crippen LogP contribution in [0.3, 0.4) is 0 Å². The van der Waals surface area contributed by atoms with E-state index < -0.39 is 0 Å². The lowest BCUT2D eigenvalue weighted by atomic mass is 10.1. The van der Waals surface area contributed by atoms with Gasteiger partial charge in [-0.05, 0) is 48.5 Å². The van der Waals surface area contributed by atoms with Crippen molar-refractivity contribution in [2.45, 2.75) is 5.03 Å². The Balaban J connectivity index is 1.44. The second-order valence-corrected chi connectivity index (χ2v) is 7.14. The Hall–Kier alpha value is -2.63. The molecule has 4 rings (SSSR count). The van der Waals surface area contributed by atoms with Gasteiger partial charge in [-0.15, -0.1) is 0 Å². The van der Waals surface area contributed by atoms with Crippen molar-refractivity contribution in [3.8, 4) is 11.4 Å². The van der Waals surface area contributed by atoms with Crippen molar-refractivity contribution in [2.75, 3.05) is 5.75 Å². The van der Waals surface area contributed by atoms with Crippen LogP contribution in [0.5, 0.6) is 0 Å². The summed E-state index contributed by atoms with van der Waals surface area (Å²) < 4.78 is 0. The molecule has 0 atom stereocenters. The highest BCUT2D eigenvalue weighted by Gasteiger charge is 2.09. The first-order chi connectivity index (χ1) is 12.7. The molecule has 0 unspecified atom stereocenters. The van der Waals surface area contributed by atoms with Crippen LogP contribution in [0, 0.1) is 0 Å². The average Bonchev–Trinajstić information content (AvgIpc) is 3.11. The number of hydrogen-bond acceptors (Lipinski definition) is 4. The van der Waals surface area contributed by atoms with Gasteiger partial charge < -0.3 is 4.98 Å². The molecule has 0 aliphatic rings. The Bertz CT molecular complexity index is 1030. The second kappa shape index (κ2) is 7.32. The zero-order valence-electron chi connectivity index (χ0n) is 13.6. The minimum Gasteiger partial charge on any atom is -0.338 e. The molecule has 0 fully saturated rings. The van der Waals surface area contributed by atoms with Crippen LogP contribution in [0.4, 0.5) is 0 Å². The Labute approximate surface area is 159 Å². The van der Waals surface area contributed by atoms with Gasteiger partial charge in [0.1, 0.15) is 5.82 Å². The lowest BCUT2D eigenvalue weighted by Crippen LogP contribution is -2.02. The van der Waals surface area contributed by atoms with Gasteiger partial charge in [0.15, 0.2) is 5.78 Å². The number of nitrogens with zero attached hydrogens (tertiary/aromatic N) is 2. The van der Waals surface area contributed by atoms with Gasteiger partial charge in [0.25, 0.3) is 0 Å². The summed E-state index contributed by atoms with van der Waals surface area (Å²) in [6, 6.07) is 18.7. The molecule has 6 heteroatoms. The zero-order valence-corrected chi connectivity index (χ0v) is 15.2. The Morgan fingerprint density at radius 3 is 2.58 bits per heavy atom. The smallest absolute Gasteiger partial charge is 0.173 e. The summed E-state index contributed by atoms with van der Waals surface area (Å²) in [4.78, 5) is 24.5. The third-order valence-electron chi connectivity index (χ3n) is 3.92. The van der Waals surface area contributed by atoms with Crippen LogP contribution in [0.15, 0.2) is 71.9 Å². The Kier molecular flexibility index (Phi) is 4.73. The molecular weight excluding hydrogens is 366 g/mol. The minimum absolute atomic E-state index is 0.0508. The third kappa shape index (κ3) is 3.64. The van der Waals surface area contributed by atoms with Gasteiger partial charge in [0, 0.05) is 22.3 Å². The fraction of sp³-hybridized carbons (Fsp3) is 0.0500. The molecule has 0 bridgehead atoms. The van der Waals surface area contributed by atoms with Crippen molar-refractivity contribution in [3.63, 3.8) is 0 Å². The van der Waals surface area contributed by atoms with E-state index in [9.17, 15) is 4.79 Å². The molecule has 128 valence electrons. The van der Waals surface area contributed by atoms with Crippen molar-refractivity contribution in [2.24, 2.45) is 0 Å². The number of ketones is 1. The van der Waals surface area contributed by atoms with E-state index in [2.05, 4.69) is 15.0 Å². The first-order valence-corrected chi connectivity index (χ1v) is 9.38. The molecule has 0 amide bonds. The number of H-pyrrole nitrogens is 1. The number of halogens is 1. The molecule has 1 N–H and O–H groups in total. The van der Waals surface area contributed by atoms with Gasteiger partial charge >= 0.3 is 0 Å². The van der Waals surface area contributed by atoms with Crippen LogP contribution in [-0.4, -0.2) is 26.5 Å². The molecule has 0 saturated heterocycles. The van der Waals surface area contributed by atoms with E-state index in [-0.39, 0.29) is 5.78 Å². The third-order valence-corrected chi connectivity index (χ3v) is 5.11. The number of rotatable bonds is 5. The van der Waals surface area contributed by atoms with E-state index in [4.69, 9.17) is 11.6 Å². The van der Waals surface area contributed by atoms with Crippen molar-refractivity contribution >= 4 is 40.2 Å². The fourth-order valence-corrected chi connectivity index (χ4v) is 3.42. The van der Waals surface area contributed by atoms with Crippen LogP contribution in [0.25, 0.3) is 22.4 Å². The van der Waals surface area contributed by atoms with Crippen molar-refractivity contribution in [3.05, 3.63) is 77.4 Å². The van der Waals surface area contributed by atoms with E-state index in [1.54, 1.807) is 30.5 Å². The summed E-state index contributed by atoms with van der Waals surface area (Å²) in [5.41, 5.74) is 3.49. The number of Topliss-reactive ketones (excluding diaryl/α,β-unsaturated/α-hetero) is 1. The largest absolute Gasteiger partial charge is 0.338 e.